The number of halogens is 1. The SMILES string of the molecule is CNCc1nnc(SCCO)n1-c1cccc(OC)c1.Cl. The van der Waals surface area contributed by atoms with E-state index in [1.165, 1.54) is 11.8 Å². The number of thioether (sulfide) groups is 1. The minimum Gasteiger partial charge on any atom is -0.497 e. The highest BCUT2D eigenvalue weighted by molar-refractivity contribution is 7.99. The predicted molar refractivity (Wildman–Crippen MR) is 85.7 cm³/mol. The monoisotopic (exact) mass is 330 g/mol. The molecule has 0 saturated heterocycles. The molecule has 1 heterocycles. The van der Waals surface area contributed by atoms with E-state index in [1.807, 2.05) is 35.9 Å². The fourth-order valence-electron chi connectivity index (χ4n) is 1.81. The molecule has 0 saturated carbocycles. The maximum absolute atomic E-state index is 8.97. The number of aromatic nitrogens is 3. The van der Waals surface area contributed by atoms with E-state index in [2.05, 4.69) is 15.5 Å². The average Bonchev–Trinajstić information content (AvgIpc) is 2.88. The van der Waals surface area contributed by atoms with E-state index in [-0.39, 0.29) is 19.0 Å². The van der Waals surface area contributed by atoms with E-state index in [1.54, 1.807) is 7.11 Å². The lowest BCUT2D eigenvalue weighted by Gasteiger charge is -2.11. The van der Waals surface area contributed by atoms with E-state index in [0.29, 0.717) is 12.3 Å². The quantitative estimate of drug-likeness (QED) is 0.750. The van der Waals surface area contributed by atoms with Crippen LogP contribution in [0.4, 0.5) is 0 Å². The number of rotatable bonds is 7. The summed E-state index contributed by atoms with van der Waals surface area (Å²) in [6, 6.07) is 7.74. The molecule has 21 heavy (non-hydrogen) atoms. The Bertz CT molecular complexity index is 565. The summed E-state index contributed by atoms with van der Waals surface area (Å²) in [4.78, 5) is 0. The Morgan fingerprint density at radius 3 is 2.86 bits per heavy atom. The van der Waals surface area contributed by atoms with Crippen molar-refractivity contribution in [1.82, 2.24) is 20.1 Å². The van der Waals surface area contributed by atoms with Crippen molar-refractivity contribution in [3.63, 3.8) is 0 Å². The van der Waals surface area contributed by atoms with Crippen LogP contribution in [0.5, 0.6) is 5.75 Å². The molecule has 116 valence electrons. The van der Waals surface area contributed by atoms with Crippen LogP contribution in [0.25, 0.3) is 5.69 Å². The van der Waals surface area contributed by atoms with Gasteiger partial charge in [0.2, 0.25) is 0 Å². The van der Waals surface area contributed by atoms with Crippen LogP contribution in [0.15, 0.2) is 29.4 Å². The lowest BCUT2D eigenvalue weighted by molar-refractivity contribution is 0.322. The minimum absolute atomic E-state index is 0. The van der Waals surface area contributed by atoms with Gasteiger partial charge in [0.05, 0.1) is 25.9 Å². The third kappa shape index (κ3) is 4.34. The molecule has 2 aromatic rings. The van der Waals surface area contributed by atoms with Gasteiger partial charge in [-0.05, 0) is 19.2 Å². The highest BCUT2D eigenvalue weighted by Gasteiger charge is 2.14. The first-order valence-electron chi connectivity index (χ1n) is 6.27. The molecule has 6 nitrogen and oxygen atoms in total. The van der Waals surface area contributed by atoms with Crippen LogP contribution in [0.2, 0.25) is 0 Å². The van der Waals surface area contributed by atoms with E-state index in [9.17, 15) is 0 Å². The molecule has 2 rings (SSSR count). The summed E-state index contributed by atoms with van der Waals surface area (Å²) in [7, 11) is 3.51. The Balaban J connectivity index is 0.00000220. The maximum atomic E-state index is 8.97. The maximum Gasteiger partial charge on any atom is 0.195 e. The van der Waals surface area contributed by atoms with E-state index in [4.69, 9.17) is 9.84 Å². The summed E-state index contributed by atoms with van der Waals surface area (Å²) in [6.45, 7) is 0.723. The lowest BCUT2D eigenvalue weighted by Crippen LogP contribution is -2.12. The largest absolute Gasteiger partial charge is 0.497 e. The van der Waals surface area contributed by atoms with Gasteiger partial charge in [0.25, 0.3) is 0 Å². The Morgan fingerprint density at radius 1 is 1.38 bits per heavy atom. The van der Waals surface area contributed by atoms with Crippen molar-refractivity contribution in [2.45, 2.75) is 11.7 Å². The lowest BCUT2D eigenvalue weighted by atomic mass is 10.3. The van der Waals surface area contributed by atoms with Crippen LogP contribution in [0.3, 0.4) is 0 Å². The van der Waals surface area contributed by atoms with Gasteiger partial charge < -0.3 is 15.2 Å². The highest BCUT2D eigenvalue weighted by atomic mass is 35.5. The van der Waals surface area contributed by atoms with Gasteiger partial charge in [0, 0.05) is 11.8 Å². The fraction of sp³-hybridized carbons (Fsp3) is 0.385. The van der Waals surface area contributed by atoms with Gasteiger partial charge in [0.15, 0.2) is 11.0 Å². The summed E-state index contributed by atoms with van der Waals surface area (Å²) in [5.41, 5.74) is 0.944. The Morgan fingerprint density at radius 2 is 2.19 bits per heavy atom. The molecule has 0 fully saturated rings. The molecular weight excluding hydrogens is 312 g/mol. The number of hydrogen-bond donors (Lipinski definition) is 2. The van der Waals surface area contributed by atoms with Gasteiger partial charge in [-0.15, -0.1) is 22.6 Å². The zero-order chi connectivity index (χ0) is 14.4. The molecule has 1 aromatic carbocycles. The molecular formula is C13H19ClN4O2S. The topological polar surface area (TPSA) is 72.2 Å². The van der Waals surface area contributed by atoms with Crippen molar-refractivity contribution in [3.8, 4) is 11.4 Å². The van der Waals surface area contributed by atoms with Crippen molar-refractivity contribution in [1.29, 1.82) is 0 Å². The Kier molecular flexibility index (Phi) is 7.52. The molecule has 0 aliphatic carbocycles. The first-order valence-corrected chi connectivity index (χ1v) is 7.25. The molecule has 0 amide bonds. The second kappa shape index (κ2) is 8.89. The second-order valence-corrected chi connectivity index (χ2v) is 5.10. The van der Waals surface area contributed by atoms with Crippen LogP contribution >= 0.6 is 24.2 Å². The number of aliphatic hydroxyl groups is 1. The molecule has 0 bridgehead atoms. The summed E-state index contributed by atoms with van der Waals surface area (Å²) in [5, 5.41) is 21.2. The van der Waals surface area contributed by atoms with Gasteiger partial charge >= 0.3 is 0 Å². The van der Waals surface area contributed by atoms with Gasteiger partial charge in [-0.3, -0.25) is 4.57 Å². The highest BCUT2D eigenvalue weighted by Crippen LogP contribution is 2.24. The third-order valence-electron chi connectivity index (χ3n) is 2.67. The zero-order valence-electron chi connectivity index (χ0n) is 11.9. The van der Waals surface area contributed by atoms with E-state index >= 15 is 0 Å². The number of hydrogen-bond acceptors (Lipinski definition) is 6. The minimum atomic E-state index is 0. The zero-order valence-corrected chi connectivity index (χ0v) is 13.6. The van der Waals surface area contributed by atoms with Gasteiger partial charge in [-0.25, -0.2) is 0 Å². The van der Waals surface area contributed by atoms with Crippen LogP contribution in [0.1, 0.15) is 5.82 Å². The van der Waals surface area contributed by atoms with Crippen LogP contribution < -0.4 is 10.1 Å². The number of nitrogens with zero attached hydrogens (tertiary/aromatic N) is 3. The van der Waals surface area contributed by atoms with Crippen molar-refractivity contribution in [2.75, 3.05) is 26.5 Å². The summed E-state index contributed by atoms with van der Waals surface area (Å²) in [6.07, 6.45) is 0. The number of nitrogens with one attached hydrogen (secondary N) is 1. The normalized spacial score (nSPS) is 10.2. The molecule has 0 atom stereocenters. The number of benzene rings is 1. The van der Waals surface area contributed by atoms with E-state index < -0.39 is 0 Å². The number of ether oxygens (including phenoxy) is 1. The van der Waals surface area contributed by atoms with Crippen molar-refractivity contribution in [2.24, 2.45) is 0 Å². The molecule has 8 heteroatoms. The third-order valence-corrected chi connectivity index (χ3v) is 3.58. The fourth-order valence-corrected chi connectivity index (χ4v) is 2.52. The summed E-state index contributed by atoms with van der Waals surface area (Å²) >= 11 is 1.47. The van der Waals surface area contributed by atoms with Crippen molar-refractivity contribution >= 4 is 24.2 Å². The Hall–Kier alpha value is -1.28. The predicted octanol–water partition coefficient (Wildman–Crippen LogP) is 1.50. The molecule has 1 aromatic heterocycles. The van der Waals surface area contributed by atoms with Crippen LogP contribution in [-0.4, -0.2) is 46.4 Å². The Labute approximate surface area is 134 Å². The van der Waals surface area contributed by atoms with Crippen LogP contribution in [-0.2, 0) is 6.54 Å². The van der Waals surface area contributed by atoms with Gasteiger partial charge in [-0.2, -0.15) is 0 Å². The molecule has 0 radical (unpaired) electrons. The van der Waals surface area contributed by atoms with Gasteiger partial charge in [-0.1, -0.05) is 17.8 Å². The summed E-state index contributed by atoms with van der Waals surface area (Å²) < 4.78 is 7.23. The smallest absolute Gasteiger partial charge is 0.195 e. The van der Waals surface area contributed by atoms with Crippen LogP contribution in [0, 0.1) is 0 Å². The van der Waals surface area contributed by atoms with Gasteiger partial charge in [0.1, 0.15) is 5.75 Å². The molecule has 2 N–H and O–H groups in total. The van der Waals surface area contributed by atoms with Crippen molar-refractivity contribution < 1.29 is 9.84 Å². The molecule has 0 aliphatic rings. The molecule has 0 aliphatic heterocycles. The molecule has 0 spiro atoms. The average molecular weight is 331 g/mol. The first kappa shape index (κ1) is 17.8. The first-order chi connectivity index (χ1) is 9.80. The second-order valence-electron chi connectivity index (χ2n) is 4.04. The standard InChI is InChI=1S/C13H18N4O2S.ClH/c1-14-9-12-15-16-13(20-7-6-18)17(12)10-4-3-5-11(8-10)19-2;/h3-5,8,14,18H,6-7,9H2,1-2H3;1H. The number of aliphatic hydroxyl groups excluding tert-OH is 1. The number of methoxy groups -OCH3 is 1. The van der Waals surface area contributed by atoms with Crippen molar-refractivity contribution in [3.05, 3.63) is 30.1 Å². The summed E-state index contributed by atoms with van der Waals surface area (Å²) in [5.74, 6) is 2.19. The molecule has 0 unspecified atom stereocenters. The van der Waals surface area contributed by atoms with E-state index in [0.717, 1.165) is 22.4 Å².